The van der Waals surface area contributed by atoms with Crippen LogP contribution in [0.3, 0.4) is 0 Å². The van der Waals surface area contributed by atoms with E-state index in [1.165, 1.54) is 51.9 Å². The minimum Gasteiger partial charge on any atom is -0.497 e. The lowest BCUT2D eigenvalue weighted by Crippen LogP contribution is -2.27. The first kappa shape index (κ1) is 20.5. The molecule has 0 bridgehead atoms. The summed E-state index contributed by atoms with van der Waals surface area (Å²) >= 11 is 0. The van der Waals surface area contributed by atoms with E-state index in [0.717, 1.165) is 0 Å². The van der Waals surface area contributed by atoms with Gasteiger partial charge in [-0.15, -0.1) is 0 Å². The van der Waals surface area contributed by atoms with Crippen LogP contribution in [-0.4, -0.2) is 53.8 Å². The number of aromatic nitrogens is 1. The maximum absolute atomic E-state index is 12.7. The van der Waals surface area contributed by atoms with Crippen LogP contribution in [0, 0.1) is 0 Å². The molecule has 1 aromatic carbocycles. The van der Waals surface area contributed by atoms with Crippen LogP contribution < -0.4 is 19.5 Å². The number of sulfonamides is 1. The van der Waals surface area contributed by atoms with E-state index in [1.807, 2.05) is 0 Å². The molecule has 0 fully saturated rings. The smallest absolute Gasteiger partial charge is 0.265 e. The molecule has 146 valence electrons. The zero-order valence-electron chi connectivity index (χ0n) is 15.2. The van der Waals surface area contributed by atoms with Gasteiger partial charge in [-0.2, -0.15) is 0 Å². The molecule has 0 unspecified atom stereocenters. The number of amides is 1. The van der Waals surface area contributed by atoms with Crippen LogP contribution >= 0.6 is 0 Å². The maximum atomic E-state index is 12.7. The van der Waals surface area contributed by atoms with E-state index in [9.17, 15) is 13.2 Å². The van der Waals surface area contributed by atoms with Crippen molar-refractivity contribution in [3.63, 3.8) is 0 Å². The molecule has 0 radical (unpaired) electrons. The Bertz CT molecular complexity index is 901. The number of rotatable bonds is 9. The molecular weight excluding hydrogens is 374 g/mol. The van der Waals surface area contributed by atoms with Crippen molar-refractivity contribution >= 4 is 21.6 Å². The van der Waals surface area contributed by atoms with Gasteiger partial charge in [0, 0.05) is 25.9 Å². The second kappa shape index (κ2) is 9.19. The zero-order chi connectivity index (χ0) is 19.9. The van der Waals surface area contributed by atoms with E-state index in [-0.39, 0.29) is 27.8 Å². The number of benzene rings is 1. The summed E-state index contributed by atoms with van der Waals surface area (Å²) in [5.41, 5.74) is 0.350. The number of hydrogen-bond donors (Lipinski definition) is 2. The molecule has 0 aliphatic rings. The second-order valence-corrected chi connectivity index (χ2v) is 6.98. The van der Waals surface area contributed by atoms with Crippen LogP contribution in [-0.2, 0) is 14.8 Å². The molecule has 0 aliphatic heterocycles. The zero-order valence-corrected chi connectivity index (χ0v) is 16.0. The first-order valence-electron chi connectivity index (χ1n) is 7.88. The Kier molecular flexibility index (Phi) is 6.97. The van der Waals surface area contributed by atoms with Crippen LogP contribution in [0.1, 0.15) is 10.4 Å². The molecule has 1 aromatic heterocycles. The summed E-state index contributed by atoms with van der Waals surface area (Å²) in [4.78, 5) is 15.9. The fourth-order valence-corrected chi connectivity index (χ4v) is 3.41. The summed E-state index contributed by atoms with van der Waals surface area (Å²) in [5.74, 6) is 0.129. The van der Waals surface area contributed by atoms with Crippen LogP contribution in [0.15, 0.2) is 41.6 Å². The highest BCUT2D eigenvalue weighted by Crippen LogP contribution is 2.29. The van der Waals surface area contributed by atoms with Crippen molar-refractivity contribution in [2.75, 3.05) is 39.2 Å². The van der Waals surface area contributed by atoms with Gasteiger partial charge in [-0.1, -0.05) is 0 Å². The fourth-order valence-electron chi connectivity index (χ4n) is 2.19. The van der Waals surface area contributed by atoms with Gasteiger partial charge in [0.1, 0.15) is 16.4 Å². The van der Waals surface area contributed by atoms with Crippen LogP contribution in [0.2, 0.25) is 0 Å². The van der Waals surface area contributed by atoms with E-state index in [4.69, 9.17) is 14.2 Å². The average molecular weight is 395 g/mol. The van der Waals surface area contributed by atoms with Crippen molar-refractivity contribution in [2.24, 2.45) is 0 Å². The summed E-state index contributed by atoms with van der Waals surface area (Å²) in [6.45, 7) is 0.688. The average Bonchev–Trinajstić information content (AvgIpc) is 2.67. The second-order valence-electron chi connectivity index (χ2n) is 5.33. The van der Waals surface area contributed by atoms with Gasteiger partial charge in [0.05, 0.1) is 38.3 Å². The normalized spacial score (nSPS) is 10.9. The molecule has 2 N–H and O–H groups in total. The first-order chi connectivity index (χ1) is 12.9. The maximum Gasteiger partial charge on any atom is 0.265 e. The number of methoxy groups -OCH3 is 3. The molecule has 1 heterocycles. The van der Waals surface area contributed by atoms with Gasteiger partial charge >= 0.3 is 0 Å². The highest BCUT2D eigenvalue weighted by Gasteiger charge is 2.21. The van der Waals surface area contributed by atoms with E-state index < -0.39 is 10.0 Å². The fraction of sp³-hybridized carbons (Fsp3) is 0.294. The molecule has 2 aromatic rings. The molecule has 2 rings (SSSR count). The summed E-state index contributed by atoms with van der Waals surface area (Å²) < 4.78 is 42.9. The Morgan fingerprint density at radius 2 is 1.89 bits per heavy atom. The predicted octanol–water partition coefficient (Wildman–Crippen LogP) is 1.28. The van der Waals surface area contributed by atoms with Crippen LogP contribution in [0.4, 0.5) is 5.69 Å². The first-order valence-corrected chi connectivity index (χ1v) is 9.36. The van der Waals surface area contributed by atoms with Gasteiger partial charge in [0.2, 0.25) is 0 Å². The molecule has 1 amide bonds. The minimum absolute atomic E-state index is 0.0979. The van der Waals surface area contributed by atoms with Gasteiger partial charge in [0.15, 0.2) is 0 Å². The Labute approximate surface area is 157 Å². The lowest BCUT2D eigenvalue weighted by Gasteiger charge is -2.13. The standard InChI is InChI=1S/C17H21N3O6S/c1-24-7-6-19-17(21)12-8-13(11-18-10-12)20-27(22,23)16-9-14(25-2)4-5-15(16)26-3/h4-5,8-11,20H,6-7H2,1-3H3,(H,19,21). The summed E-state index contributed by atoms with van der Waals surface area (Å²) in [6, 6.07) is 5.81. The van der Waals surface area contributed by atoms with Crippen molar-refractivity contribution < 1.29 is 27.4 Å². The van der Waals surface area contributed by atoms with E-state index in [1.54, 1.807) is 6.07 Å². The summed E-state index contributed by atoms with van der Waals surface area (Å²) in [6.07, 6.45) is 2.64. The number of carbonyl (C=O) groups excluding carboxylic acids is 1. The van der Waals surface area contributed by atoms with Crippen LogP contribution in [0.5, 0.6) is 11.5 Å². The van der Waals surface area contributed by atoms with E-state index >= 15 is 0 Å². The topological polar surface area (TPSA) is 116 Å². The predicted molar refractivity (Wildman–Crippen MR) is 98.8 cm³/mol. The van der Waals surface area contributed by atoms with Gasteiger partial charge < -0.3 is 19.5 Å². The molecule has 0 atom stereocenters. The Balaban J connectivity index is 2.26. The van der Waals surface area contributed by atoms with Gasteiger partial charge in [-0.25, -0.2) is 8.42 Å². The number of pyridine rings is 1. The monoisotopic (exact) mass is 395 g/mol. The Morgan fingerprint density at radius 3 is 2.56 bits per heavy atom. The largest absolute Gasteiger partial charge is 0.497 e. The number of nitrogens with zero attached hydrogens (tertiary/aromatic N) is 1. The molecule has 27 heavy (non-hydrogen) atoms. The quantitative estimate of drug-likeness (QED) is 0.614. The van der Waals surface area contributed by atoms with Gasteiger partial charge in [0.25, 0.3) is 15.9 Å². The molecule has 0 saturated heterocycles. The Hall–Kier alpha value is -2.85. The number of nitrogens with one attached hydrogen (secondary N) is 2. The molecule has 0 saturated carbocycles. The molecular formula is C17H21N3O6S. The molecule has 10 heteroatoms. The van der Waals surface area contributed by atoms with Gasteiger partial charge in [-0.3, -0.25) is 14.5 Å². The highest BCUT2D eigenvalue weighted by atomic mass is 32.2. The van der Waals surface area contributed by atoms with Crippen molar-refractivity contribution in [3.05, 3.63) is 42.2 Å². The van der Waals surface area contributed by atoms with Crippen molar-refractivity contribution in [1.82, 2.24) is 10.3 Å². The van der Waals surface area contributed by atoms with Crippen molar-refractivity contribution in [1.29, 1.82) is 0 Å². The number of ether oxygens (including phenoxy) is 3. The molecule has 9 nitrogen and oxygen atoms in total. The lowest BCUT2D eigenvalue weighted by molar-refractivity contribution is 0.0936. The third-order valence-corrected chi connectivity index (χ3v) is 4.91. The molecule has 0 aliphatic carbocycles. The van der Waals surface area contributed by atoms with E-state index in [0.29, 0.717) is 18.9 Å². The van der Waals surface area contributed by atoms with Crippen molar-refractivity contribution in [3.8, 4) is 11.5 Å². The summed E-state index contributed by atoms with van der Waals surface area (Å²) in [7, 11) is 0.325. The van der Waals surface area contributed by atoms with Gasteiger partial charge in [-0.05, 0) is 18.2 Å². The summed E-state index contributed by atoms with van der Waals surface area (Å²) in [5, 5.41) is 2.64. The third kappa shape index (κ3) is 5.31. The lowest BCUT2D eigenvalue weighted by atomic mass is 10.2. The minimum atomic E-state index is -4.00. The van der Waals surface area contributed by atoms with Crippen molar-refractivity contribution in [2.45, 2.75) is 4.90 Å². The number of carbonyl (C=O) groups is 1. The highest BCUT2D eigenvalue weighted by molar-refractivity contribution is 7.92. The number of hydrogen-bond acceptors (Lipinski definition) is 7. The SMILES string of the molecule is COCCNC(=O)c1cncc(NS(=O)(=O)c2cc(OC)ccc2OC)c1. The Morgan fingerprint density at radius 1 is 1.11 bits per heavy atom. The third-order valence-electron chi connectivity index (χ3n) is 3.50. The number of anilines is 1. The van der Waals surface area contributed by atoms with Crippen LogP contribution in [0.25, 0.3) is 0 Å². The molecule has 0 spiro atoms. The van der Waals surface area contributed by atoms with E-state index in [2.05, 4.69) is 15.0 Å².